The Morgan fingerprint density at radius 3 is 2.85 bits per heavy atom. The molecule has 1 heterocycles. The van der Waals surface area contributed by atoms with E-state index in [1.165, 1.54) is 11.1 Å². The first-order valence-electron chi connectivity index (χ1n) is 8.73. The Kier molecular flexibility index (Phi) is 9.93. The highest BCUT2D eigenvalue weighted by molar-refractivity contribution is 14.0. The van der Waals surface area contributed by atoms with Crippen LogP contribution in [0.1, 0.15) is 36.8 Å². The lowest BCUT2D eigenvalue weighted by molar-refractivity contribution is 0.650. The van der Waals surface area contributed by atoms with Gasteiger partial charge in [-0.1, -0.05) is 37.3 Å². The molecule has 0 radical (unpaired) electrons. The lowest BCUT2D eigenvalue weighted by atomic mass is 10.0. The number of aryl methyl sites for hydroxylation is 2. The molecule has 1 unspecified atom stereocenters. The highest BCUT2D eigenvalue weighted by Gasteiger charge is 2.09. The molecule has 142 valence electrons. The quantitative estimate of drug-likeness (QED) is 0.270. The van der Waals surface area contributed by atoms with E-state index < -0.39 is 0 Å². The van der Waals surface area contributed by atoms with Crippen LogP contribution in [0.4, 0.5) is 0 Å². The van der Waals surface area contributed by atoms with E-state index in [0.717, 1.165) is 24.7 Å². The maximum absolute atomic E-state index is 4.68. The Labute approximate surface area is 173 Å². The molecule has 0 aliphatic heterocycles. The summed E-state index contributed by atoms with van der Waals surface area (Å²) >= 11 is 0. The summed E-state index contributed by atoms with van der Waals surface area (Å²) in [6.07, 6.45) is 4.45. The zero-order chi connectivity index (χ0) is 18.1. The molecule has 0 aliphatic rings. The number of halogens is 1. The second kappa shape index (κ2) is 11.7. The molecule has 1 aromatic carbocycles. The number of rotatable bonds is 8. The van der Waals surface area contributed by atoms with Gasteiger partial charge in [0.1, 0.15) is 12.2 Å². The van der Waals surface area contributed by atoms with Crippen molar-refractivity contribution >= 4 is 29.9 Å². The van der Waals surface area contributed by atoms with Crippen molar-refractivity contribution in [2.45, 2.75) is 39.8 Å². The van der Waals surface area contributed by atoms with Gasteiger partial charge in [0, 0.05) is 19.5 Å². The average molecular weight is 468 g/mol. The lowest BCUT2D eigenvalue weighted by Crippen LogP contribution is -2.39. The molecule has 2 rings (SSSR count). The molecule has 0 amide bonds. The molecule has 0 aliphatic carbocycles. The number of nitrogens with one attached hydrogen (secondary N) is 2. The van der Waals surface area contributed by atoms with Crippen molar-refractivity contribution in [1.82, 2.24) is 25.4 Å². The van der Waals surface area contributed by atoms with Gasteiger partial charge in [-0.05, 0) is 25.0 Å². The van der Waals surface area contributed by atoms with Gasteiger partial charge in [0.25, 0.3) is 0 Å². The van der Waals surface area contributed by atoms with Gasteiger partial charge >= 0.3 is 0 Å². The zero-order valence-electron chi connectivity index (χ0n) is 15.8. The molecule has 7 heteroatoms. The fraction of sp³-hybridized carbons (Fsp3) is 0.421. The number of guanidine groups is 1. The summed E-state index contributed by atoms with van der Waals surface area (Å²) in [4.78, 5) is 4.68. The second-order valence-electron chi connectivity index (χ2n) is 5.92. The molecule has 0 spiro atoms. The van der Waals surface area contributed by atoms with E-state index in [1.54, 1.807) is 6.33 Å². The van der Waals surface area contributed by atoms with Crippen LogP contribution in [0.2, 0.25) is 0 Å². The van der Waals surface area contributed by atoms with Crippen LogP contribution in [0.15, 0.2) is 48.2 Å². The Balaban J connectivity index is 0.00000338. The van der Waals surface area contributed by atoms with Crippen molar-refractivity contribution in [3.05, 3.63) is 60.2 Å². The van der Waals surface area contributed by atoms with Crippen molar-refractivity contribution in [2.24, 2.45) is 4.99 Å². The maximum atomic E-state index is 4.68. The van der Waals surface area contributed by atoms with Gasteiger partial charge in [-0.25, -0.2) is 0 Å². The van der Waals surface area contributed by atoms with Crippen LogP contribution in [-0.4, -0.2) is 33.8 Å². The van der Waals surface area contributed by atoms with Crippen LogP contribution in [0.25, 0.3) is 0 Å². The number of benzene rings is 1. The van der Waals surface area contributed by atoms with Crippen LogP contribution in [0, 0.1) is 6.92 Å². The van der Waals surface area contributed by atoms with Crippen molar-refractivity contribution in [2.75, 3.05) is 13.1 Å². The Morgan fingerprint density at radius 1 is 1.38 bits per heavy atom. The minimum atomic E-state index is 0. The third-order valence-electron chi connectivity index (χ3n) is 4.04. The molecule has 26 heavy (non-hydrogen) atoms. The number of hydrogen-bond donors (Lipinski definition) is 2. The monoisotopic (exact) mass is 468 g/mol. The summed E-state index contributed by atoms with van der Waals surface area (Å²) in [6.45, 7) is 12.2. The van der Waals surface area contributed by atoms with Gasteiger partial charge in [0.05, 0.1) is 12.6 Å². The topological polar surface area (TPSA) is 67.1 Å². The smallest absolute Gasteiger partial charge is 0.192 e. The first-order chi connectivity index (χ1) is 12.2. The van der Waals surface area contributed by atoms with E-state index in [0.29, 0.717) is 13.1 Å². The van der Waals surface area contributed by atoms with Crippen LogP contribution in [0.5, 0.6) is 0 Å². The summed E-state index contributed by atoms with van der Waals surface area (Å²) in [5.41, 5.74) is 2.53. The second-order valence-corrected chi connectivity index (χ2v) is 5.92. The van der Waals surface area contributed by atoms with E-state index in [4.69, 9.17) is 0 Å². The highest BCUT2D eigenvalue weighted by Crippen LogP contribution is 2.16. The first-order valence-corrected chi connectivity index (χ1v) is 8.73. The normalized spacial score (nSPS) is 12.2. The highest BCUT2D eigenvalue weighted by atomic mass is 127. The number of hydrogen-bond acceptors (Lipinski definition) is 3. The number of aliphatic imine (C=N–C) groups is 1. The molecule has 1 atom stereocenters. The summed E-state index contributed by atoms with van der Waals surface area (Å²) in [7, 11) is 0. The predicted molar refractivity (Wildman–Crippen MR) is 118 cm³/mol. The van der Waals surface area contributed by atoms with Crippen molar-refractivity contribution in [1.29, 1.82) is 0 Å². The van der Waals surface area contributed by atoms with Gasteiger partial charge in [0.15, 0.2) is 5.96 Å². The summed E-state index contributed by atoms with van der Waals surface area (Å²) in [5, 5.41) is 14.8. The summed E-state index contributed by atoms with van der Waals surface area (Å²) < 4.78 is 2.04. The Morgan fingerprint density at radius 2 is 2.15 bits per heavy atom. The fourth-order valence-corrected chi connectivity index (χ4v) is 2.69. The first kappa shape index (κ1) is 22.1. The summed E-state index contributed by atoms with van der Waals surface area (Å²) in [5.74, 6) is 1.76. The number of aromatic nitrogens is 3. The molecule has 6 nitrogen and oxygen atoms in total. The summed E-state index contributed by atoms with van der Waals surface area (Å²) in [6, 6.07) is 8.55. The molecule has 2 N–H and O–H groups in total. The maximum Gasteiger partial charge on any atom is 0.192 e. The van der Waals surface area contributed by atoms with Gasteiger partial charge in [-0.2, -0.15) is 0 Å². The van der Waals surface area contributed by atoms with Crippen molar-refractivity contribution in [3.8, 4) is 0 Å². The van der Waals surface area contributed by atoms with E-state index in [9.17, 15) is 0 Å². The van der Waals surface area contributed by atoms with Crippen LogP contribution < -0.4 is 10.6 Å². The van der Waals surface area contributed by atoms with Crippen LogP contribution >= 0.6 is 24.0 Å². The molecular formula is C19H29IN6. The molecule has 0 fully saturated rings. The van der Waals surface area contributed by atoms with Crippen molar-refractivity contribution in [3.63, 3.8) is 0 Å². The Bertz CT molecular complexity index is 710. The van der Waals surface area contributed by atoms with Crippen LogP contribution in [-0.2, 0) is 13.0 Å². The third-order valence-corrected chi connectivity index (χ3v) is 4.04. The minimum absolute atomic E-state index is 0. The zero-order valence-corrected chi connectivity index (χ0v) is 18.1. The van der Waals surface area contributed by atoms with E-state index in [1.807, 2.05) is 10.6 Å². The lowest BCUT2D eigenvalue weighted by Gasteiger charge is -2.20. The van der Waals surface area contributed by atoms with Gasteiger partial charge in [-0.3, -0.25) is 4.99 Å². The Hall–Kier alpha value is -1.90. The molecular weight excluding hydrogens is 439 g/mol. The fourth-order valence-electron chi connectivity index (χ4n) is 2.69. The van der Waals surface area contributed by atoms with Gasteiger partial charge < -0.3 is 15.2 Å². The molecule has 2 aromatic rings. The molecule has 0 bridgehead atoms. The van der Waals surface area contributed by atoms with Gasteiger partial charge in [-0.15, -0.1) is 40.8 Å². The van der Waals surface area contributed by atoms with Crippen molar-refractivity contribution < 1.29 is 0 Å². The molecule has 0 saturated carbocycles. The minimum Gasteiger partial charge on any atom is -0.353 e. The van der Waals surface area contributed by atoms with E-state index in [2.05, 4.69) is 77.4 Å². The molecule has 1 aromatic heterocycles. The SMILES string of the molecule is C=CCNC(=NCCn1cnnc1CC)NC(C)c1ccccc1C.I. The molecule has 0 saturated heterocycles. The van der Waals surface area contributed by atoms with E-state index >= 15 is 0 Å². The predicted octanol–water partition coefficient (Wildman–Crippen LogP) is 3.25. The standard InChI is InChI=1S/C19H28N6.HI/c1-5-11-20-19(21-12-13-25-14-22-24-18(25)6-2)23-16(4)17-10-8-7-9-15(17)3;/h5,7-10,14,16H,1,6,11-13H2,2-4H3,(H2,20,21,23);1H. The van der Waals surface area contributed by atoms with Gasteiger partial charge in [0.2, 0.25) is 0 Å². The average Bonchev–Trinajstić information content (AvgIpc) is 3.07. The van der Waals surface area contributed by atoms with E-state index in [-0.39, 0.29) is 30.0 Å². The third kappa shape index (κ3) is 6.44. The number of nitrogens with zero attached hydrogens (tertiary/aromatic N) is 4. The largest absolute Gasteiger partial charge is 0.353 e. The van der Waals surface area contributed by atoms with Crippen LogP contribution in [0.3, 0.4) is 0 Å².